The van der Waals surface area contributed by atoms with Gasteiger partial charge in [-0.2, -0.15) is 0 Å². The first-order valence-electron chi connectivity index (χ1n) is 6.09. The van der Waals surface area contributed by atoms with Gasteiger partial charge in [0.05, 0.1) is 0 Å². The third-order valence-electron chi connectivity index (χ3n) is 2.63. The first-order chi connectivity index (χ1) is 8.22. The van der Waals surface area contributed by atoms with Crippen LogP contribution >= 0.6 is 0 Å². The first kappa shape index (κ1) is 13.9. The Bertz CT molecular complexity index is 319. The second-order valence-corrected chi connectivity index (χ2v) is 4.52. The molecule has 3 heteroatoms. The van der Waals surface area contributed by atoms with Gasteiger partial charge in [-0.15, -0.1) is 0 Å². The number of nitrogens with one attached hydrogen (secondary N) is 1. The number of carbonyl (C=O) groups is 1. The van der Waals surface area contributed by atoms with Crippen LogP contribution in [0, 0.1) is 0 Å². The molecule has 1 N–H and O–H groups in total. The van der Waals surface area contributed by atoms with Crippen molar-refractivity contribution < 1.29 is 4.79 Å². The Morgan fingerprint density at radius 1 is 1.18 bits per heavy atom. The molecule has 0 aliphatic rings. The number of benzene rings is 1. The van der Waals surface area contributed by atoms with Crippen molar-refractivity contribution >= 4 is 6.29 Å². The zero-order chi connectivity index (χ0) is 12.5. The highest BCUT2D eigenvalue weighted by atomic mass is 16.1. The van der Waals surface area contributed by atoms with Crippen molar-refractivity contribution in [3.63, 3.8) is 0 Å². The van der Waals surface area contributed by atoms with Crippen LogP contribution in [0.1, 0.15) is 17.5 Å². The third-order valence-corrected chi connectivity index (χ3v) is 2.63. The van der Waals surface area contributed by atoms with E-state index in [1.807, 2.05) is 12.1 Å². The van der Waals surface area contributed by atoms with Crippen LogP contribution in [0.2, 0.25) is 0 Å². The fraction of sp³-hybridized carbons (Fsp3) is 0.500. The highest BCUT2D eigenvalue weighted by Gasteiger charge is 1.95. The zero-order valence-corrected chi connectivity index (χ0v) is 10.8. The van der Waals surface area contributed by atoms with Crippen molar-refractivity contribution in [3.05, 3.63) is 35.4 Å². The Hall–Kier alpha value is -1.19. The Balaban J connectivity index is 2.20. The molecule has 0 aliphatic heterocycles. The van der Waals surface area contributed by atoms with Crippen molar-refractivity contribution in [1.29, 1.82) is 0 Å². The topological polar surface area (TPSA) is 32.3 Å². The summed E-state index contributed by atoms with van der Waals surface area (Å²) < 4.78 is 0. The smallest absolute Gasteiger partial charge is 0.124 e. The minimum Gasteiger partial charge on any atom is -0.313 e. The number of hydrogen-bond donors (Lipinski definition) is 1. The van der Waals surface area contributed by atoms with E-state index in [1.165, 1.54) is 5.56 Å². The molecule has 94 valence electrons. The number of aldehydes is 1. The number of hydrogen-bond acceptors (Lipinski definition) is 3. The molecule has 0 spiro atoms. The van der Waals surface area contributed by atoms with Gasteiger partial charge in [-0.05, 0) is 44.7 Å². The average molecular weight is 234 g/mol. The standard InChI is InChI=1S/C14H22N2O/c1-16(2)10-3-9-15-12-14-6-4-13(5-7-14)8-11-17/h4-7,11,15H,3,8-10,12H2,1-2H3. The molecule has 3 nitrogen and oxygen atoms in total. The molecular formula is C14H22N2O. The van der Waals surface area contributed by atoms with E-state index in [1.54, 1.807) is 0 Å². The Kier molecular flexibility index (Phi) is 6.51. The maximum Gasteiger partial charge on any atom is 0.124 e. The molecule has 0 bridgehead atoms. The second-order valence-electron chi connectivity index (χ2n) is 4.52. The molecule has 0 saturated heterocycles. The number of carbonyl (C=O) groups excluding carboxylic acids is 1. The lowest BCUT2D eigenvalue weighted by molar-refractivity contribution is -0.107. The summed E-state index contributed by atoms with van der Waals surface area (Å²) in [6, 6.07) is 8.20. The summed E-state index contributed by atoms with van der Waals surface area (Å²) in [6.45, 7) is 3.05. The van der Waals surface area contributed by atoms with E-state index in [0.29, 0.717) is 6.42 Å². The van der Waals surface area contributed by atoms with Crippen molar-refractivity contribution in [1.82, 2.24) is 10.2 Å². The molecule has 1 aromatic carbocycles. The molecule has 0 unspecified atom stereocenters. The summed E-state index contributed by atoms with van der Waals surface area (Å²) in [5, 5.41) is 3.41. The second kappa shape index (κ2) is 7.98. The predicted molar refractivity (Wildman–Crippen MR) is 71.1 cm³/mol. The molecule has 0 saturated carbocycles. The summed E-state index contributed by atoms with van der Waals surface area (Å²) >= 11 is 0. The normalized spacial score (nSPS) is 10.8. The fourth-order valence-corrected chi connectivity index (χ4v) is 1.64. The first-order valence-corrected chi connectivity index (χ1v) is 6.09. The lowest BCUT2D eigenvalue weighted by Gasteiger charge is -2.10. The van der Waals surface area contributed by atoms with Gasteiger partial charge in [-0.25, -0.2) is 0 Å². The van der Waals surface area contributed by atoms with Gasteiger partial charge in [0.2, 0.25) is 0 Å². The minimum atomic E-state index is 0.510. The maximum absolute atomic E-state index is 10.3. The fourth-order valence-electron chi connectivity index (χ4n) is 1.64. The van der Waals surface area contributed by atoms with E-state index in [2.05, 4.69) is 36.4 Å². The highest BCUT2D eigenvalue weighted by molar-refractivity contribution is 5.54. The summed E-state index contributed by atoms with van der Waals surface area (Å²) in [5.41, 5.74) is 2.35. The summed E-state index contributed by atoms with van der Waals surface area (Å²) in [6.07, 6.45) is 2.61. The van der Waals surface area contributed by atoms with Crippen LogP contribution in [-0.4, -0.2) is 38.4 Å². The van der Waals surface area contributed by atoms with Crippen LogP contribution in [-0.2, 0) is 17.8 Å². The van der Waals surface area contributed by atoms with Crippen LogP contribution < -0.4 is 5.32 Å². The van der Waals surface area contributed by atoms with Gasteiger partial charge in [-0.1, -0.05) is 24.3 Å². The minimum absolute atomic E-state index is 0.510. The largest absolute Gasteiger partial charge is 0.313 e. The SMILES string of the molecule is CN(C)CCCNCc1ccc(CC=O)cc1. The lowest BCUT2D eigenvalue weighted by Crippen LogP contribution is -2.20. The van der Waals surface area contributed by atoms with Gasteiger partial charge in [0.25, 0.3) is 0 Å². The van der Waals surface area contributed by atoms with E-state index < -0.39 is 0 Å². The van der Waals surface area contributed by atoms with Crippen molar-refractivity contribution in [2.24, 2.45) is 0 Å². The van der Waals surface area contributed by atoms with Crippen molar-refractivity contribution in [3.8, 4) is 0 Å². The Labute approximate surface area is 104 Å². The predicted octanol–water partition coefficient (Wildman–Crippen LogP) is 1.47. The van der Waals surface area contributed by atoms with Gasteiger partial charge in [-0.3, -0.25) is 0 Å². The van der Waals surface area contributed by atoms with Crippen LogP contribution in [0.4, 0.5) is 0 Å². The van der Waals surface area contributed by atoms with E-state index in [0.717, 1.165) is 37.9 Å². The molecular weight excluding hydrogens is 212 g/mol. The molecule has 1 rings (SSSR count). The van der Waals surface area contributed by atoms with E-state index in [-0.39, 0.29) is 0 Å². The Morgan fingerprint density at radius 3 is 2.41 bits per heavy atom. The molecule has 17 heavy (non-hydrogen) atoms. The summed E-state index contributed by atoms with van der Waals surface area (Å²) in [7, 11) is 4.18. The molecule has 0 aliphatic carbocycles. The molecule has 0 amide bonds. The van der Waals surface area contributed by atoms with Gasteiger partial charge in [0.1, 0.15) is 6.29 Å². The molecule has 0 atom stereocenters. The van der Waals surface area contributed by atoms with Gasteiger partial charge in [0.15, 0.2) is 0 Å². The monoisotopic (exact) mass is 234 g/mol. The van der Waals surface area contributed by atoms with E-state index >= 15 is 0 Å². The quantitative estimate of drug-likeness (QED) is 0.546. The van der Waals surface area contributed by atoms with Crippen LogP contribution in [0.25, 0.3) is 0 Å². The average Bonchev–Trinajstić information content (AvgIpc) is 2.31. The molecule has 0 fully saturated rings. The zero-order valence-electron chi connectivity index (χ0n) is 10.8. The highest BCUT2D eigenvalue weighted by Crippen LogP contribution is 2.04. The number of rotatable bonds is 8. The molecule has 0 heterocycles. The summed E-state index contributed by atoms with van der Waals surface area (Å²) in [5.74, 6) is 0. The van der Waals surface area contributed by atoms with Crippen LogP contribution in [0.15, 0.2) is 24.3 Å². The maximum atomic E-state index is 10.3. The molecule has 1 aromatic rings. The van der Waals surface area contributed by atoms with Crippen molar-refractivity contribution in [2.45, 2.75) is 19.4 Å². The third kappa shape index (κ3) is 6.19. The van der Waals surface area contributed by atoms with Crippen molar-refractivity contribution in [2.75, 3.05) is 27.2 Å². The molecule has 0 aromatic heterocycles. The van der Waals surface area contributed by atoms with Gasteiger partial charge < -0.3 is 15.0 Å². The summed E-state index contributed by atoms with van der Waals surface area (Å²) in [4.78, 5) is 12.5. The molecule has 0 radical (unpaired) electrons. The van der Waals surface area contributed by atoms with Gasteiger partial charge >= 0.3 is 0 Å². The van der Waals surface area contributed by atoms with Crippen LogP contribution in [0.5, 0.6) is 0 Å². The number of nitrogens with zero attached hydrogens (tertiary/aromatic N) is 1. The lowest BCUT2D eigenvalue weighted by atomic mass is 10.1. The van der Waals surface area contributed by atoms with Gasteiger partial charge in [0, 0.05) is 13.0 Å². The van der Waals surface area contributed by atoms with Crippen LogP contribution in [0.3, 0.4) is 0 Å². The Morgan fingerprint density at radius 2 is 1.82 bits per heavy atom. The van der Waals surface area contributed by atoms with E-state index in [4.69, 9.17) is 0 Å². The van der Waals surface area contributed by atoms with E-state index in [9.17, 15) is 4.79 Å².